The average Bonchev–Trinajstić information content (AvgIpc) is 3.40. The van der Waals surface area contributed by atoms with Crippen molar-refractivity contribution in [2.45, 2.75) is 17.5 Å². The van der Waals surface area contributed by atoms with Gasteiger partial charge in [-0.25, -0.2) is 14.8 Å². The summed E-state index contributed by atoms with van der Waals surface area (Å²) in [5, 5.41) is 4.92. The van der Waals surface area contributed by atoms with Gasteiger partial charge in [-0.1, -0.05) is 72.4 Å². The lowest BCUT2D eigenvalue weighted by Crippen LogP contribution is -2.48. The first-order valence-electron chi connectivity index (χ1n) is 10.4. The van der Waals surface area contributed by atoms with Gasteiger partial charge >= 0.3 is 6.03 Å². The number of hydrogen-bond acceptors (Lipinski definition) is 7. The molecule has 34 heavy (non-hydrogen) atoms. The van der Waals surface area contributed by atoms with E-state index >= 15 is 0 Å². The lowest BCUT2D eigenvalue weighted by molar-refractivity contribution is -0.138. The van der Waals surface area contributed by atoms with Gasteiger partial charge in [-0.3, -0.25) is 15.0 Å². The van der Waals surface area contributed by atoms with E-state index in [1.165, 1.54) is 18.1 Å². The van der Waals surface area contributed by atoms with Crippen molar-refractivity contribution in [2.75, 3.05) is 5.75 Å². The van der Waals surface area contributed by atoms with E-state index in [-0.39, 0.29) is 5.75 Å². The Morgan fingerprint density at radius 3 is 2.53 bits per heavy atom. The van der Waals surface area contributed by atoms with E-state index in [4.69, 9.17) is 0 Å². The standard InChI is InChI=1S/C24H19N5O3S2/c1-24(16-10-6-3-7-11-16)22(31)29(23(32)27-24)28-19(30)13-33-20-17-12-18(15-8-4-2-5-9-15)34-21(17)26-14-25-20/h2-12,14H,13H2,1H3,(H,27,32)(H,28,30)/t24-/m0/s1. The molecule has 0 spiro atoms. The van der Waals surface area contributed by atoms with Crippen molar-refractivity contribution in [1.29, 1.82) is 0 Å². The number of rotatable bonds is 6. The van der Waals surface area contributed by atoms with E-state index in [9.17, 15) is 14.4 Å². The van der Waals surface area contributed by atoms with E-state index in [1.54, 1.807) is 42.5 Å². The molecule has 0 radical (unpaired) electrons. The second kappa shape index (κ2) is 8.88. The third kappa shape index (κ3) is 4.02. The molecular weight excluding hydrogens is 470 g/mol. The van der Waals surface area contributed by atoms with Crippen molar-refractivity contribution in [3.63, 3.8) is 0 Å². The minimum Gasteiger partial charge on any atom is -0.318 e. The molecule has 2 aromatic carbocycles. The van der Waals surface area contributed by atoms with Crippen LogP contribution in [0.4, 0.5) is 4.79 Å². The van der Waals surface area contributed by atoms with Crippen molar-refractivity contribution >= 4 is 51.2 Å². The highest BCUT2D eigenvalue weighted by Gasteiger charge is 2.49. The number of aromatic nitrogens is 2. The van der Waals surface area contributed by atoms with Crippen LogP contribution in [0.15, 0.2) is 78.1 Å². The van der Waals surface area contributed by atoms with Crippen molar-refractivity contribution in [2.24, 2.45) is 0 Å². The van der Waals surface area contributed by atoms with Gasteiger partial charge < -0.3 is 5.32 Å². The number of carbonyl (C=O) groups is 3. The van der Waals surface area contributed by atoms with Crippen LogP contribution in [0.2, 0.25) is 0 Å². The summed E-state index contributed by atoms with van der Waals surface area (Å²) in [6, 6.07) is 20.2. The Labute approximate surface area is 203 Å². The lowest BCUT2D eigenvalue weighted by atomic mass is 9.92. The highest BCUT2D eigenvalue weighted by Crippen LogP contribution is 2.36. The summed E-state index contributed by atoms with van der Waals surface area (Å²) >= 11 is 2.77. The molecule has 170 valence electrons. The molecular formula is C24H19N5O3S2. The SMILES string of the molecule is C[C@@]1(c2ccccc2)NC(=O)N(NC(=O)CSc2ncnc3sc(-c4ccccc4)cc23)C1=O. The van der Waals surface area contributed by atoms with Crippen LogP contribution in [-0.4, -0.2) is 38.6 Å². The zero-order chi connectivity index (χ0) is 23.7. The van der Waals surface area contributed by atoms with Gasteiger partial charge in [0.25, 0.3) is 5.91 Å². The number of carbonyl (C=O) groups excluding carboxylic acids is 3. The van der Waals surface area contributed by atoms with Gasteiger partial charge in [0.15, 0.2) is 0 Å². The summed E-state index contributed by atoms with van der Waals surface area (Å²) in [7, 11) is 0. The maximum atomic E-state index is 13.0. The number of urea groups is 1. The second-order valence-corrected chi connectivity index (χ2v) is 9.75. The van der Waals surface area contributed by atoms with Gasteiger partial charge in [0.05, 0.1) is 5.75 Å². The Balaban J connectivity index is 1.28. The number of imide groups is 1. The highest BCUT2D eigenvalue weighted by atomic mass is 32.2. The number of nitrogens with zero attached hydrogens (tertiary/aromatic N) is 3. The molecule has 5 rings (SSSR count). The van der Waals surface area contributed by atoms with Crippen LogP contribution in [0.1, 0.15) is 12.5 Å². The zero-order valence-corrected chi connectivity index (χ0v) is 19.7. The summed E-state index contributed by atoms with van der Waals surface area (Å²) < 4.78 is 0. The predicted molar refractivity (Wildman–Crippen MR) is 131 cm³/mol. The third-order valence-corrected chi connectivity index (χ3v) is 7.57. The summed E-state index contributed by atoms with van der Waals surface area (Å²) in [5.41, 5.74) is 2.89. The van der Waals surface area contributed by atoms with Gasteiger partial charge in [-0.15, -0.1) is 11.3 Å². The van der Waals surface area contributed by atoms with Crippen LogP contribution in [0, 0.1) is 0 Å². The minimum absolute atomic E-state index is 0.0261. The molecule has 1 aliphatic rings. The fourth-order valence-corrected chi connectivity index (χ4v) is 5.53. The van der Waals surface area contributed by atoms with Gasteiger partial charge in [0, 0.05) is 10.3 Å². The van der Waals surface area contributed by atoms with Crippen LogP contribution >= 0.6 is 23.1 Å². The molecule has 2 N–H and O–H groups in total. The number of thioether (sulfide) groups is 1. The monoisotopic (exact) mass is 489 g/mol. The van der Waals surface area contributed by atoms with E-state index in [1.807, 2.05) is 42.5 Å². The highest BCUT2D eigenvalue weighted by molar-refractivity contribution is 8.00. The van der Waals surface area contributed by atoms with Gasteiger partial charge in [0.1, 0.15) is 21.7 Å². The first-order valence-corrected chi connectivity index (χ1v) is 12.2. The molecule has 1 saturated heterocycles. The fraction of sp³-hybridized carbons (Fsp3) is 0.125. The topological polar surface area (TPSA) is 104 Å². The van der Waals surface area contributed by atoms with E-state index in [0.29, 0.717) is 10.6 Å². The zero-order valence-electron chi connectivity index (χ0n) is 18.0. The van der Waals surface area contributed by atoms with E-state index < -0.39 is 23.4 Å². The van der Waals surface area contributed by atoms with Gasteiger partial charge in [-0.2, -0.15) is 5.01 Å². The number of benzene rings is 2. The van der Waals surface area contributed by atoms with Crippen molar-refractivity contribution in [1.82, 2.24) is 25.7 Å². The van der Waals surface area contributed by atoms with E-state index in [0.717, 1.165) is 25.7 Å². The van der Waals surface area contributed by atoms with Crippen molar-refractivity contribution in [3.05, 3.63) is 78.6 Å². The Morgan fingerprint density at radius 1 is 1.09 bits per heavy atom. The molecule has 1 atom stereocenters. The molecule has 0 unspecified atom stereocenters. The van der Waals surface area contributed by atoms with Crippen LogP contribution in [0.3, 0.4) is 0 Å². The molecule has 4 aromatic rings. The Kier molecular flexibility index (Phi) is 5.76. The predicted octanol–water partition coefficient (Wildman–Crippen LogP) is 3.95. The van der Waals surface area contributed by atoms with Gasteiger partial charge in [-0.05, 0) is 24.1 Å². The summed E-state index contributed by atoms with van der Waals surface area (Å²) in [5.74, 6) is -1.06. The van der Waals surface area contributed by atoms with Crippen molar-refractivity contribution in [3.8, 4) is 10.4 Å². The average molecular weight is 490 g/mol. The number of amides is 4. The maximum Gasteiger partial charge on any atom is 0.344 e. The first-order chi connectivity index (χ1) is 16.5. The molecule has 10 heteroatoms. The summed E-state index contributed by atoms with van der Waals surface area (Å²) in [4.78, 5) is 48.6. The molecule has 4 amide bonds. The lowest BCUT2D eigenvalue weighted by Gasteiger charge is -2.22. The smallest absolute Gasteiger partial charge is 0.318 e. The first kappa shape index (κ1) is 22.1. The third-order valence-electron chi connectivity index (χ3n) is 5.47. The number of hydrazine groups is 1. The van der Waals surface area contributed by atoms with Gasteiger partial charge in [0.2, 0.25) is 5.91 Å². The maximum absolute atomic E-state index is 13.0. The van der Waals surface area contributed by atoms with E-state index in [2.05, 4.69) is 20.7 Å². The van der Waals surface area contributed by atoms with Crippen LogP contribution in [0.25, 0.3) is 20.7 Å². The largest absolute Gasteiger partial charge is 0.344 e. The molecule has 3 heterocycles. The molecule has 1 aliphatic heterocycles. The number of hydrogen-bond donors (Lipinski definition) is 2. The molecule has 0 aliphatic carbocycles. The van der Waals surface area contributed by atoms with Crippen molar-refractivity contribution < 1.29 is 14.4 Å². The normalized spacial score (nSPS) is 17.7. The molecule has 0 bridgehead atoms. The Morgan fingerprint density at radius 2 is 1.79 bits per heavy atom. The number of nitrogens with one attached hydrogen (secondary N) is 2. The van der Waals surface area contributed by atoms with Crippen LogP contribution in [-0.2, 0) is 15.1 Å². The fourth-order valence-electron chi connectivity index (χ4n) is 3.69. The molecule has 2 aromatic heterocycles. The molecule has 8 nitrogen and oxygen atoms in total. The number of fused-ring (bicyclic) bond motifs is 1. The quantitative estimate of drug-likeness (QED) is 0.241. The summed E-state index contributed by atoms with van der Waals surface area (Å²) in [6.45, 7) is 1.61. The number of thiophene rings is 1. The van der Waals surface area contributed by atoms with Crippen LogP contribution in [0.5, 0.6) is 0 Å². The summed E-state index contributed by atoms with van der Waals surface area (Å²) in [6.07, 6.45) is 1.47. The Bertz CT molecular complexity index is 1390. The molecule has 1 fully saturated rings. The minimum atomic E-state index is -1.25. The second-order valence-electron chi connectivity index (χ2n) is 7.76. The molecule has 0 saturated carbocycles. The van der Waals surface area contributed by atoms with Crippen LogP contribution < -0.4 is 10.7 Å². The Hall–Kier alpha value is -3.76.